The molecule has 44 heavy (non-hydrogen) atoms. The normalized spacial score (nSPS) is 12.0. The fourth-order valence-corrected chi connectivity index (χ4v) is 3.65. The standard InChI is InChI=1S/C25H40N8O7.C2H4O2/c1-15(2)13-18(31-24(37)40-25(3,4)5)22(36)30-14-20(34)32(16-8-10-17(11-9-16)33(38)39)19(21(26)35)7-6-12-29-23(27)28;1-2(3)4/h8-11,15,18-19H,6-7,12-14H2,1-5H3,(H2,26,35)(H,30,36)(H,31,37)(H4,27,28,29);1H3,(H,3,4)/t18-,19-;/m0./s1. The van der Waals surface area contributed by atoms with Gasteiger partial charge in [-0.05, 0) is 58.1 Å². The summed E-state index contributed by atoms with van der Waals surface area (Å²) in [7, 11) is 0. The third-order valence-corrected chi connectivity index (χ3v) is 5.31. The van der Waals surface area contributed by atoms with Gasteiger partial charge in [0.15, 0.2) is 5.96 Å². The van der Waals surface area contributed by atoms with Crippen LogP contribution in [-0.2, 0) is 23.9 Å². The Labute approximate surface area is 255 Å². The second-order valence-electron chi connectivity index (χ2n) is 11.0. The number of nitrogens with two attached hydrogens (primary N) is 3. The summed E-state index contributed by atoms with van der Waals surface area (Å²) in [6.07, 6.45) is -0.175. The molecule has 0 fully saturated rings. The number of non-ortho nitro benzene ring substituents is 1. The lowest BCUT2D eigenvalue weighted by Crippen LogP contribution is -2.54. The summed E-state index contributed by atoms with van der Waals surface area (Å²) in [5.41, 5.74) is 15.4. The van der Waals surface area contributed by atoms with Gasteiger partial charge in [-0.15, -0.1) is 0 Å². The summed E-state index contributed by atoms with van der Waals surface area (Å²) in [6.45, 7) is 9.46. The molecule has 17 nitrogen and oxygen atoms in total. The third kappa shape index (κ3) is 16.5. The molecule has 246 valence electrons. The van der Waals surface area contributed by atoms with Crippen LogP contribution >= 0.6 is 0 Å². The third-order valence-electron chi connectivity index (χ3n) is 5.31. The number of alkyl carbamates (subject to hydrolysis) is 1. The van der Waals surface area contributed by atoms with Crippen LogP contribution in [0.1, 0.15) is 60.8 Å². The Balaban J connectivity index is 0.00000433. The number of carbonyl (C=O) groups is 5. The number of benzene rings is 1. The molecule has 0 saturated carbocycles. The Kier molecular flexibility index (Phi) is 16.5. The van der Waals surface area contributed by atoms with Crippen molar-refractivity contribution in [3.05, 3.63) is 34.4 Å². The van der Waals surface area contributed by atoms with Crippen LogP contribution in [0.5, 0.6) is 0 Å². The lowest BCUT2D eigenvalue weighted by atomic mass is 10.0. The predicted molar refractivity (Wildman–Crippen MR) is 162 cm³/mol. The molecule has 2 atom stereocenters. The van der Waals surface area contributed by atoms with E-state index in [0.29, 0.717) is 0 Å². The van der Waals surface area contributed by atoms with Crippen LogP contribution < -0.4 is 32.7 Å². The minimum absolute atomic E-state index is 0.0162. The second kappa shape index (κ2) is 18.6. The summed E-state index contributed by atoms with van der Waals surface area (Å²) < 4.78 is 5.24. The molecule has 1 aromatic rings. The van der Waals surface area contributed by atoms with Gasteiger partial charge < -0.3 is 37.7 Å². The Bertz CT molecular complexity index is 1170. The van der Waals surface area contributed by atoms with Gasteiger partial charge in [-0.2, -0.15) is 0 Å². The highest BCUT2D eigenvalue weighted by Crippen LogP contribution is 2.23. The zero-order valence-corrected chi connectivity index (χ0v) is 25.9. The number of guanidine groups is 1. The van der Waals surface area contributed by atoms with Crippen molar-refractivity contribution in [1.82, 2.24) is 10.6 Å². The zero-order valence-electron chi connectivity index (χ0n) is 25.9. The molecule has 1 rings (SSSR count). The van der Waals surface area contributed by atoms with Crippen molar-refractivity contribution in [3.8, 4) is 0 Å². The first-order chi connectivity index (χ1) is 20.2. The van der Waals surface area contributed by atoms with Crippen LogP contribution in [0, 0.1) is 16.0 Å². The summed E-state index contributed by atoms with van der Waals surface area (Å²) >= 11 is 0. The molecule has 0 bridgehead atoms. The number of carbonyl (C=O) groups excluding carboxylic acids is 4. The van der Waals surface area contributed by atoms with E-state index in [-0.39, 0.29) is 49.1 Å². The molecular weight excluding hydrogens is 580 g/mol. The van der Waals surface area contributed by atoms with Crippen LogP contribution in [0.25, 0.3) is 0 Å². The number of primary amides is 1. The van der Waals surface area contributed by atoms with Crippen LogP contribution in [-0.4, -0.2) is 76.5 Å². The Morgan fingerprint density at radius 3 is 2.07 bits per heavy atom. The topological polar surface area (TPSA) is 276 Å². The summed E-state index contributed by atoms with van der Waals surface area (Å²) in [4.78, 5) is 75.5. The van der Waals surface area contributed by atoms with E-state index in [1.807, 2.05) is 13.8 Å². The monoisotopic (exact) mass is 624 g/mol. The maximum Gasteiger partial charge on any atom is 0.408 e. The van der Waals surface area contributed by atoms with Crippen molar-refractivity contribution < 1.29 is 38.7 Å². The summed E-state index contributed by atoms with van der Waals surface area (Å²) in [6, 6.07) is 2.78. The van der Waals surface area contributed by atoms with E-state index in [1.54, 1.807) is 20.8 Å². The average molecular weight is 625 g/mol. The number of carboxylic acids is 1. The molecule has 0 heterocycles. The van der Waals surface area contributed by atoms with Crippen LogP contribution in [0.2, 0.25) is 0 Å². The van der Waals surface area contributed by atoms with Gasteiger partial charge >= 0.3 is 6.09 Å². The van der Waals surface area contributed by atoms with Crippen LogP contribution in [0.4, 0.5) is 16.2 Å². The molecule has 9 N–H and O–H groups in total. The number of amides is 4. The maximum atomic E-state index is 13.4. The minimum atomic E-state index is -1.17. The van der Waals surface area contributed by atoms with Crippen molar-refractivity contribution in [1.29, 1.82) is 0 Å². The molecular formula is C27H44N8O9. The molecule has 0 saturated heterocycles. The quantitative estimate of drug-likeness (QED) is 0.0558. The fraction of sp³-hybridized carbons (Fsp3) is 0.556. The number of aliphatic carboxylic acids is 1. The van der Waals surface area contributed by atoms with Gasteiger partial charge in [0.25, 0.3) is 11.7 Å². The second-order valence-corrected chi connectivity index (χ2v) is 11.0. The van der Waals surface area contributed by atoms with Gasteiger partial charge in [-0.25, -0.2) is 4.79 Å². The number of carboxylic acid groups (broad SMARTS) is 1. The number of nitro benzene ring substituents is 1. The van der Waals surface area contributed by atoms with Crippen molar-refractivity contribution in [2.24, 2.45) is 28.1 Å². The summed E-state index contributed by atoms with van der Waals surface area (Å²) in [5, 5.41) is 23.5. The van der Waals surface area contributed by atoms with E-state index in [4.69, 9.17) is 31.8 Å². The molecule has 0 unspecified atom stereocenters. The number of nitrogens with zero attached hydrogens (tertiary/aromatic N) is 3. The molecule has 0 radical (unpaired) electrons. The highest BCUT2D eigenvalue weighted by molar-refractivity contribution is 6.02. The Morgan fingerprint density at radius 1 is 1.09 bits per heavy atom. The van der Waals surface area contributed by atoms with Gasteiger partial charge in [0, 0.05) is 31.3 Å². The molecule has 1 aromatic carbocycles. The van der Waals surface area contributed by atoms with Gasteiger partial charge in [0.1, 0.15) is 17.7 Å². The van der Waals surface area contributed by atoms with E-state index >= 15 is 0 Å². The van der Waals surface area contributed by atoms with Crippen molar-refractivity contribution in [2.45, 2.75) is 78.5 Å². The first-order valence-electron chi connectivity index (χ1n) is 13.6. The molecule has 0 aromatic heterocycles. The molecule has 0 aliphatic rings. The number of nitro groups is 1. The number of hydrogen-bond acceptors (Lipinski definition) is 9. The van der Waals surface area contributed by atoms with Gasteiger partial charge in [0.05, 0.1) is 11.5 Å². The highest BCUT2D eigenvalue weighted by Gasteiger charge is 2.31. The lowest BCUT2D eigenvalue weighted by Gasteiger charge is -2.30. The molecule has 0 aliphatic carbocycles. The van der Waals surface area contributed by atoms with E-state index in [9.17, 15) is 29.3 Å². The molecule has 17 heteroatoms. The number of hydrogen-bond donors (Lipinski definition) is 6. The Hall–Kier alpha value is -4.96. The van der Waals surface area contributed by atoms with E-state index in [0.717, 1.165) is 11.8 Å². The smallest absolute Gasteiger partial charge is 0.408 e. The minimum Gasteiger partial charge on any atom is -0.481 e. The van der Waals surface area contributed by atoms with E-state index in [1.165, 1.54) is 24.3 Å². The first kappa shape index (κ1) is 39.0. The van der Waals surface area contributed by atoms with Gasteiger partial charge in [-0.1, -0.05) is 13.8 Å². The number of aliphatic imine (C=N–C) groups is 1. The number of rotatable bonds is 14. The molecule has 0 spiro atoms. The Morgan fingerprint density at radius 2 is 1.64 bits per heavy atom. The van der Waals surface area contributed by atoms with Gasteiger partial charge in [-0.3, -0.25) is 39.2 Å². The van der Waals surface area contributed by atoms with E-state index in [2.05, 4.69) is 15.6 Å². The van der Waals surface area contributed by atoms with Crippen molar-refractivity contribution >= 4 is 47.1 Å². The van der Waals surface area contributed by atoms with E-state index < -0.39 is 58.9 Å². The summed E-state index contributed by atoms with van der Waals surface area (Å²) in [5.74, 6) is -3.15. The fourth-order valence-electron chi connectivity index (χ4n) is 3.65. The number of nitrogens with one attached hydrogen (secondary N) is 2. The SMILES string of the molecule is CC(=O)O.CC(C)C[C@H](NC(=O)OC(C)(C)C)C(=O)NCC(=O)N(c1ccc([N+](=O)[O-])cc1)[C@@H](CCCN=C(N)N)C(N)=O. The number of anilines is 1. The largest absolute Gasteiger partial charge is 0.481 e. The van der Waals surface area contributed by atoms with Crippen LogP contribution in [0.15, 0.2) is 29.3 Å². The van der Waals surface area contributed by atoms with Gasteiger partial charge in [0.2, 0.25) is 17.7 Å². The van der Waals surface area contributed by atoms with Crippen LogP contribution in [0.3, 0.4) is 0 Å². The zero-order chi connectivity index (χ0) is 34.2. The maximum absolute atomic E-state index is 13.4. The lowest BCUT2D eigenvalue weighted by molar-refractivity contribution is -0.384. The first-order valence-corrected chi connectivity index (χ1v) is 13.6. The molecule has 4 amide bonds. The highest BCUT2D eigenvalue weighted by atomic mass is 16.6. The van der Waals surface area contributed by atoms with Crippen molar-refractivity contribution in [3.63, 3.8) is 0 Å². The van der Waals surface area contributed by atoms with Crippen molar-refractivity contribution in [2.75, 3.05) is 18.0 Å². The number of ether oxygens (including phenoxy) is 1. The predicted octanol–water partition coefficient (Wildman–Crippen LogP) is 0.982. The average Bonchev–Trinajstić information content (AvgIpc) is 2.86. The molecule has 0 aliphatic heterocycles.